The van der Waals surface area contributed by atoms with Crippen LogP contribution in [0.1, 0.15) is 50.8 Å². The fourth-order valence-electron chi connectivity index (χ4n) is 2.27. The smallest absolute Gasteiger partial charge is 0.230 e. The molecule has 1 N–H and O–H groups in total. The summed E-state index contributed by atoms with van der Waals surface area (Å²) in [7, 11) is 1.88. The highest BCUT2D eigenvalue weighted by atomic mass is 16.4. The summed E-state index contributed by atoms with van der Waals surface area (Å²) < 4.78 is 5.68. The molecule has 4 nitrogen and oxygen atoms in total. The highest BCUT2D eigenvalue weighted by molar-refractivity contribution is 5.03. The van der Waals surface area contributed by atoms with Crippen molar-refractivity contribution in [2.24, 2.45) is 0 Å². The van der Waals surface area contributed by atoms with Crippen LogP contribution in [0.2, 0.25) is 0 Å². The summed E-state index contributed by atoms with van der Waals surface area (Å²) in [5.41, 5.74) is 0.122. The van der Waals surface area contributed by atoms with Crippen LogP contribution in [-0.2, 0) is 12.0 Å². The minimum absolute atomic E-state index is 0.122. The van der Waals surface area contributed by atoms with Gasteiger partial charge in [0.15, 0.2) is 0 Å². The van der Waals surface area contributed by atoms with E-state index in [0.717, 1.165) is 5.89 Å². The maximum absolute atomic E-state index is 5.68. The lowest BCUT2D eigenvalue weighted by molar-refractivity contribution is 0.251. The van der Waals surface area contributed by atoms with Crippen molar-refractivity contribution in [2.75, 3.05) is 7.05 Å². The molecular formula is C11H19N3O. The molecule has 1 aromatic heterocycles. The molecule has 1 saturated carbocycles. The van der Waals surface area contributed by atoms with Crippen LogP contribution in [-0.4, -0.2) is 17.2 Å². The number of hydrogen-bond acceptors (Lipinski definition) is 4. The molecule has 0 unspecified atom stereocenters. The molecule has 0 amide bonds. The van der Waals surface area contributed by atoms with Crippen molar-refractivity contribution >= 4 is 0 Å². The highest BCUT2D eigenvalue weighted by Gasteiger charge is 2.33. The third-order valence-corrected chi connectivity index (χ3v) is 3.27. The van der Waals surface area contributed by atoms with Gasteiger partial charge in [0.25, 0.3) is 0 Å². The number of nitrogens with zero attached hydrogens (tertiary/aromatic N) is 2. The van der Waals surface area contributed by atoms with Crippen LogP contribution in [0, 0.1) is 0 Å². The summed E-state index contributed by atoms with van der Waals surface area (Å²) in [6, 6.07) is 0. The van der Waals surface area contributed by atoms with Crippen molar-refractivity contribution in [3.63, 3.8) is 0 Å². The highest BCUT2D eigenvalue weighted by Crippen LogP contribution is 2.37. The maximum atomic E-state index is 5.68. The van der Waals surface area contributed by atoms with E-state index in [2.05, 4.69) is 22.4 Å². The average molecular weight is 209 g/mol. The maximum Gasteiger partial charge on any atom is 0.230 e. The Morgan fingerprint density at radius 1 is 1.27 bits per heavy atom. The van der Waals surface area contributed by atoms with Gasteiger partial charge in [0.1, 0.15) is 0 Å². The first kappa shape index (κ1) is 10.6. The summed E-state index contributed by atoms with van der Waals surface area (Å²) >= 11 is 0. The van der Waals surface area contributed by atoms with E-state index in [-0.39, 0.29) is 5.41 Å². The van der Waals surface area contributed by atoms with Gasteiger partial charge < -0.3 is 9.73 Å². The van der Waals surface area contributed by atoms with E-state index in [1.54, 1.807) is 0 Å². The van der Waals surface area contributed by atoms with Crippen molar-refractivity contribution in [1.29, 1.82) is 0 Å². The van der Waals surface area contributed by atoms with E-state index >= 15 is 0 Å². The molecule has 4 heteroatoms. The lowest BCUT2D eigenvalue weighted by atomic mass is 9.76. The molecule has 0 saturated heterocycles. The zero-order valence-electron chi connectivity index (χ0n) is 9.55. The molecule has 1 heterocycles. The van der Waals surface area contributed by atoms with Crippen molar-refractivity contribution < 1.29 is 4.42 Å². The van der Waals surface area contributed by atoms with Gasteiger partial charge in [0.05, 0.1) is 6.54 Å². The van der Waals surface area contributed by atoms with Gasteiger partial charge in [-0.1, -0.05) is 26.2 Å². The Balaban J connectivity index is 2.12. The lowest BCUT2D eigenvalue weighted by Gasteiger charge is -2.29. The van der Waals surface area contributed by atoms with Crippen molar-refractivity contribution in [3.05, 3.63) is 11.8 Å². The molecule has 0 aromatic carbocycles. The Labute approximate surface area is 90.5 Å². The van der Waals surface area contributed by atoms with Crippen LogP contribution in [0.25, 0.3) is 0 Å². The van der Waals surface area contributed by atoms with Crippen molar-refractivity contribution in [3.8, 4) is 0 Å². The van der Waals surface area contributed by atoms with Crippen LogP contribution in [0.4, 0.5) is 0 Å². The van der Waals surface area contributed by atoms with Gasteiger partial charge in [0.2, 0.25) is 11.8 Å². The summed E-state index contributed by atoms with van der Waals surface area (Å²) in [6.07, 6.45) is 6.25. The average Bonchev–Trinajstić information content (AvgIpc) is 2.69. The van der Waals surface area contributed by atoms with Crippen LogP contribution < -0.4 is 5.32 Å². The molecule has 2 rings (SSSR count). The molecule has 84 valence electrons. The first-order valence-electron chi connectivity index (χ1n) is 5.72. The molecule has 15 heavy (non-hydrogen) atoms. The summed E-state index contributed by atoms with van der Waals surface area (Å²) in [6.45, 7) is 2.89. The van der Waals surface area contributed by atoms with Gasteiger partial charge in [-0.2, -0.15) is 0 Å². The molecule has 0 aliphatic heterocycles. The molecule has 1 fully saturated rings. The SMILES string of the molecule is CNCc1nnc(C2(C)CCCCC2)o1. The Kier molecular flexibility index (Phi) is 3.05. The minimum Gasteiger partial charge on any atom is -0.423 e. The zero-order valence-corrected chi connectivity index (χ0v) is 9.55. The molecule has 1 aliphatic rings. The standard InChI is InChI=1S/C11H19N3O/c1-11(6-4-3-5-7-11)10-14-13-9(15-10)8-12-2/h12H,3-8H2,1-2H3. The van der Waals surface area contributed by atoms with Gasteiger partial charge in [-0.3, -0.25) is 0 Å². The third kappa shape index (κ3) is 2.20. The predicted molar refractivity (Wildman–Crippen MR) is 57.5 cm³/mol. The van der Waals surface area contributed by atoms with Gasteiger partial charge in [-0.05, 0) is 19.9 Å². The largest absolute Gasteiger partial charge is 0.423 e. The van der Waals surface area contributed by atoms with Crippen LogP contribution >= 0.6 is 0 Å². The van der Waals surface area contributed by atoms with Gasteiger partial charge in [-0.25, -0.2) is 0 Å². The first-order chi connectivity index (χ1) is 7.24. The van der Waals surface area contributed by atoms with Crippen molar-refractivity contribution in [1.82, 2.24) is 15.5 Å². The Morgan fingerprint density at radius 3 is 2.67 bits per heavy atom. The Bertz CT molecular complexity index is 315. The van der Waals surface area contributed by atoms with E-state index in [0.29, 0.717) is 12.4 Å². The second kappa shape index (κ2) is 4.31. The summed E-state index contributed by atoms with van der Waals surface area (Å²) in [5.74, 6) is 1.52. The third-order valence-electron chi connectivity index (χ3n) is 3.27. The van der Waals surface area contributed by atoms with Crippen LogP contribution in [0.15, 0.2) is 4.42 Å². The van der Waals surface area contributed by atoms with Gasteiger partial charge in [0, 0.05) is 5.41 Å². The first-order valence-corrected chi connectivity index (χ1v) is 5.72. The van der Waals surface area contributed by atoms with E-state index in [9.17, 15) is 0 Å². The topological polar surface area (TPSA) is 51.0 Å². The van der Waals surface area contributed by atoms with Gasteiger partial charge in [-0.15, -0.1) is 10.2 Å². The number of aromatic nitrogens is 2. The summed E-state index contributed by atoms with van der Waals surface area (Å²) in [4.78, 5) is 0. The lowest BCUT2D eigenvalue weighted by Crippen LogP contribution is -2.25. The van der Waals surface area contributed by atoms with Crippen LogP contribution in [0.3, 0.4) is 0 Å². The molecule has 1 aromatic rings. The Morgan fingerprint density at radius 2 is 2.00 bits per heavy atom. The zero-order chi connectivity index (χ0) is 10.7. The molecule has 1 aliphatic carbocycles. The van der Waals surface area contributed by atoms with Gasteiger partial charge >= 0.3 is 0 Å². The van der Waals surface area contributed by atoms with E-state index in [1.165, 1.54) is 32.1 Å². The van der Waals surface area contributed by atoms with Crippen LogP contribution in [0.5, 0.6) is 0 Å². The fraction of sp³-hybridized carbons (Fsp3) is 0.818. The molecular weight excluding hydrogens is 190 g/mol. The summed E-state index contributed by atoms with van der Waals surface area (Å²) in [5, 5.41) is 11.2. The Hall–Kier alpha value is -0.900. The minimum atomic E-state index is 0.122. The molecule has 0 atom stereocenters. The number of hydrogen-bond donors (Lipinski definition) is 1. The molecule has 0 radical (unpaired) electrons. The molecule has 0 spiro atoms. The number of nitrogens with one attached hydrogen (secondary N) is 1. The number of rotatable bonds is 3. The monoisotopic (exact) mass is 209 g/mol. The quantitative estimate of drug-likeness (QED) is 0.827. The molecule has 0 bridgehead atoms. The van der Waals surface area contributed by atoms with Crippen molar-refractivity contribution in [2.45, 2.75) is 51.0 Å². The van der Waals surface area contributed by atoms with E-state index < -0.39 is 0 Å². The second-order valence-electron chi connectivity index (χ2n) is 4.65. The predicted octanol–water partition coefficient (Wildman–Crippen LogP) is 2.01. The normalized spacial score (nSPS) is 20.4. The van der Waals surface area contributed by atoms with E-state index in [1.807, 2.05) is 7.05 Å². The second-order valence-corrected chi connectivity index (χ2v) is 4.65. The fourth-order valence-corrected chi connectivity index (χ4v) is 2.27. The van der Waals surface area contributed by atoms with E-state index in [4.69, 9.17) is 4.42 Å².